The second-order valence-corrected chi connectivity index (χ2v) is 6.10. The van der Waals surface area contributed by atoms with Crippen molar-refractivity contribution in [2.24, 2.45) is 0 Å². The number of halogens is 1. The first-order valence-corrected chi connectivity index (χ1v) is 8.31. The zero-order chi connectivity index (χ0) is 16.4. The summed E-state index contributed by atoms with van der Waals surface area (Å²) in [5.74, 6) is -0.253. The lowest BCUT2D eigenvalue weighted by atomic mass is 10.1. The smallest absolute Gasteiger partial charge is 0.139 e. The maximum atomic E-state index is 13.8. The molecule has 5 nitrogen and oxygen atoms in total. The number of rotatable bonds is 3. The molecule has 0 bridgehead atoms. The maximum absolute atomic E-state index is 13.8. The number of fused-ring (bicyclic) bond motifs is 1. The van der Waals surface area contributed by atoms with E-state index in [1.807, 2.05) is 22.7 Å². The Bertz CT molecular complexity index is 822. The van der Waals surface area contributed by atoms with Crippen LogP contribution in [0.1, 0.15) is 12.1 Å². The molecule has 3 aromatic rings. The summed E-state index contributed by atoms with van der Waals surface area (Å²) in [6, 6.07) is 7.08. The molecule has 3 aromatic heterocycles. The molecule has 0 amide bonds. The van der Waals surface area contributed by atoms with Crippen LogP contribution in [0.5, 0.6) is 0 Å². The van der Waals surface area contributed by atoms with E-state index in [9.17, 15) is 4.39 Å². The number of nitrogens with one attached hydrogen (secondary N) is 1. The summed E-state index contributed by atoms with van der Waals surface area (Å²) >= 11 is 0. The first-order chi connectivity index (χ1) is 11.8. The van der Waals surface area contributed by atoms with Crippen molar-refractivity contribution in [3.05, 3.63) is 54.4 Å². The summed E-state index contributed by atoms with van der Waals surface area (Å²) in [5, 5.41) is 3.42. The fourth-order valence-electron chi connectivity index (χ4n) is 3.22. The van der Waals surface area contributed by atoms with Gasteiger partial charge < -0.3 is 5.32 Å². The summed E-state index contributed by atoms with van der Waals surface area (Å²) in [5.41, 5.74) is 3.62. The van der Waals surface area contributed by atoms with E-state index in [1.54, 1.807) is 12.3 Å². The van der Waals surface area contributed by atoms with Gasteiger partial charge in [-0.2, -0.15) is 0 Å². The Balaban J connectivity index is 1.79. The Kier molecular flexibility index (Phi) is 4.23. The molecule has 0 spiro atoms. The van der Waals surface area contributed by atoms with E-state index in [2.05, 4.69) is 15.2 Å². The normalized spacial score (nSPS) is 16.4. The van der Waals surface area contributed by atoms with Gasteiger partial charge in [0.2, 0.25) is 0 Å². The minimum Gasteiger partial charge on any atom is -0.315 e. The molecule has 0 saturated carbocycles. The standard InChI is InChI=1S/C18H20FN5/c19-15-4-5-17-22-18(14-3-1-6-21-11-14)16(24(17)12-15)13-23-9-2-7-20-8-10-23/h1,3-6,11-12,20H,2,7-10,13H2. The average Bonchev–Trinajstić information content (AvgIpc) is 2.78. The lowest BCUT2D eigenvalue weighted by Gasteiger charge is -2.20. The SMILES string of the molecule is Fc1ccc2nc(-c3cccnc3)c(CN3CCCNCC3)n2c1. The Labute approximate surface area is 140 Å². The zero-order valence-corrected chi connectivity index (χ0v) is 13.5. The van der Waals surface area contributed by atoms with Gasteiger partial charge in [-0.05, 0) is 43.8 Å². The molecule has 0 atom stereocenters. The first kappa shape index (κ1) is 15.2. The van der Waals surface area contributed by atoms with Crippen molar-refractivity contribution >= 4 is 5.65 Å². The van der Waals surface area contributed by atoms with Crippen LogP contribution in [0, 0.1) is 5.82 Å². The van der Waals surface area contributed by atoms with Crippen molar-refractivity contribution in [3.63, 3.8) is 0 Å². The van der Waals surface area contributed by atoms with Gasteiger partial charge in [0, 0.05) is 43.8 Å². The van der Waals surface area contributed by atoms with Gasteiger partial charge in [-0.25, -0.2) is 9.37 Å². The summed E-state index contributed by atoms with van der Waals surface area (Å²) in [7, 11) is 0. The van der Waals surface area contributed by atoms with E-state index < -0.39 is 0 Å². The Morgan fingerprint density at radius 2 is 2.12 bits per heavy atom. The molecule has 6 heteroatoms. The molecule has 0 radical (unpaired) electrons. The summed E-state index contributed by atoms with van der Waals surface area (Å²) in [6.07, 6.45) is 6.20. The molecule has 1 aliphatic heterocycles. The van der Waals surface area contributed by atoms with Crippen LogP contribution in [-0.2, 0) is 6.54 Å². The van der Waals surface area contributed by atoms with Gasteiger partial charge in [0.25, 0.3) is 0 Å². The van der Waals surface area contributed by atoms with Crippen LogP contribution in [-0.4, -0.2) is 45.4 Å². The van der Waals surface area contributed by atoms with Crippen LogP contribution in [0.25, 0.3) is 16.9 Å². The zero-order valence-electron chi connectivity index (χ0n) is 13.5. The molecule has 24 heavy (non-hydrogen) atoms. The molecule has 1 N–H and O–H groups in total. The van der Waals surface area contributed by atoms with Gasteiger partial charge in [-0.1, -0.05) is 0 Å². The van der Waals surface area contributed by atoms with Crippen LogP contribution in [0.2, 0.25) is 0 Å². The monoisotopic (exact) mass is 325 g/mol. The Morgan fingerprint density at radius 1 is 1.17 bits per heavy atom. The number of imidazole rings is 1. The van der Waals surface area contributed by atoms with E-state index in [0.717, 1.165) is 61.7 Å². The van der Waals surface area contributed by atoms with Crippen molar-refractivity contribution in [1.29, 1.82) is 0 Å². The topological polar surface area (TPSA) is 45.5 Å². The van der Waals surface area contributed by atoms with Crippen LogP contribution in [0.15, 0.2) is 42.9 Å². The molecule has 124 valence electrons. The van der Waals surface area contributed by atoms with Gasteiger partial charge in [-0.3, -0.25) is 14.3 Å². The molecule has 4 heterocycles. The summed E-state index contributed by atoms with van der Waals surface area (Å²) in [6.45, 7) is 4.79. The van der Waals surface area contributed by atoms with Crippen molar-refractivity contribution in [1.82, 2.24) is 24.6 Å². The number of nitrogens with zero attached hydrogens (tertiary/aromatic N) is 4. The minimum absolute atomic E-state index is 0.253. The number of hydrogen-bond acceptors (Lipinski definition) is 4. The van der Waals surface area contributed by atoms with Crippen LogP contribution < -0.4 is 5.32 Å². The van der Waals surface area contributed by atoms with Crippen molar-refractivity contribution < 1.29 is 4.39 Å². The number of aromatic nitrogens is 3. The lowest BCUT2D eigenvalue weighted by Crippen LogP contribution is -2.28. The van der Waals surface area contributed by atoms with Gasteiger partial charge in [0.15, 0.2) is 0 Å². The second kappa shape index (κ2) is 6.67. The quantitative estimate of drug-likeness (QED) is 0.803. The molecule has 1 saturated heterocycles. The summed E-state index contributed by atoms with van der Waals surface area (Å²) < 4.78 is 15.7. The van der Waals surface area contributed by atoms with Crippen molar-refractivity contribution in [2.75, 3.05) is 26.2 Å². The Hall–Kier alpha value is -2.31. The number of hydrogen-bond donors (Lipinski definition) is 1. The first-order valence-electron chi connectivity index (χ1n) is 8.31. The molecular formula is C18H20FN5. The van der Waals surface area contributed by atoms with E-state index in [4.69, 9.17) is 4.98 Å². The molecule has 0 unspecified atom stereocenters. The van der Waals surface area contributed by atoms with Crippen LogP contribution in [0.3, 0.4) is 0 Å². The predicted octanol–water partition coefficient (Wildman–Crippen LogP) is 2.33. The summed E-state index contributed by atoms with van der Waals surface area (Å²) in [4.78, 5) is 11.3. The van der Waals surface area contributed by atoms with Gasteiger partial charge >= 0.3 is 0 Å². The van der Waals surface area contributed by atoms with Gasteiger partial charge in [-0.15, -0.1) is 0 Å². The van der Waals surface area contributed by atoms with Gasteiger partial charge in [0.1, 0.15) is 11.5 Å². The second-order valence-electron chi connectivity index (χ2n) is 6.10. The maximum Gasteiger partial charge on any atom is 0.139 e. The molecular weight excluding hydrogens is 305 g/mol. The fraction of sp³-hybridized carbons (Fsp3) is 0.333. The highest BCUT2D eigenvalue weighted by atomic mass is 19.1. The molecule has 0 aliphatic carbocycles. The molecule has 1 fully saturated rings. The third-order valence-corrected chi connectivity index (χ3v) is 4.42. The molecule has 4 rings (SSSR count). The van der Waals surface area contributed by atoms with Gasteiger partial charge in [0.05, 0.1) is 11.4 Å². The predicted molar refractivity (Wildman–Crippen MR) is 91.1 cm³/mol. The minimum atomic E-state index is -0.253. The molecule has 1 aliphatic rings. The fourth-order valence-corrected chi connectivity index (χ4v) is 3.22. The van der Waals surface area contributed by atoms with Crippen LogP contribution >= 0.6 is 0 Å². The highest BCUT2D eigenvalue weighted by molar-refractivity contribution is 5.65. The van der Waals surface area contributed by atoms with E-state index in [-0.39, 0.29) is 5.82 Å². The third kappa shape index (κ3) is 3.02. The average molecular weight is 325 g/mol. The third-order valence-electron chi connectivity index (χ3n) is 4.42. The number of pyridine rings is 2. The Morgan fingerprint density at radius 3 is 3.00 bits per heavy atom. The van der Waals surface area contributed by atoms with E-state index >= 15 is 0 Å². The van der Waals surface area contributed by atoms with Crippen molar-refractivity contribution in [3.8, 4) is 11.3 Å². The van der Waals surface area contributed by atoms with E-state index in [0.29, 0.717) is 0 Å². The van der Waals surface area contributed by atoms with E-state index in [1.165, 1.54) is 12.3 Å². The lowest BCUT2D eigenvalue weighted by molar-refractivity contribution is 0.280. The van der Waals surface area contributed by atoms with Crippen LogP contribution in [0.4, 0.5) is 4.39 Å². The highest BCUT2D eigenvalue weighted by Crippen LogP contribution is 2.25. The highest BCUT2D eigenvalue weighted by Gasteiger charge is 2.18. The largest absolute Gasteiger partial charge is 0.315 e. The molecule has 0 aromatic carbocycles. The van der Waals surface area contributed by atoms with Crippen molar-refractivity contribution in [2.45, 2.75) is 13.0 Å².